The number of amides is 2. The summed E-state index contributed by atoms with van der Waals surface area (Å²) in [5.74, 6) is -0.0591. The minimum atomic E-state index is -0.799. The molecule has 0 atom stereocenters. The molecular weight excluding hydrogens is 316 g/mol. The van der Waals surface area contributed by atoms with E-state index in [1.807, 2.05) is 30.3 Å². The highest BCUT2D eigenvalue weighted by Gasteiger charge is 2.44. The van der Waals surface area contributed by atoms with Crippen LogP contribution in [-0.2, 0) is 9.59 Å². The van der Waals surface area contributed by atoms with Crippen LogP contribution in [0.2, 0.25) is 0 Å². The number of carbonyl (C=O) groups is 2. The van der Waals surface area contributed by atoms with Crippen molar-refractivity contribution in [2.45, 2.75) is 25.7 Å². The average molecular weight is 340 g/mol. The zero-order chi connectivity index (χ0) is 17.7. The molecular formula is C19H24N4O2. The molecule has 2 amide bonds. The third-order valence-corrected chi connectivity index (χ3v) is 5.16. The van der Waals surface area contributed by atoms with Gasteiger partial charge in [-0.3, -0.25) is 14.5 Å². The number of hydrogen-bond donors (Lipinski definition) is 1. The quantitative estimate of drug-likeness (QED) is 0.907. The van der Waals surface area contributed by atoms with Gasteiger partial charge >= 0.3 is 0 Å². The monoisotopic (exact) mass is 340 g/mol. The summed E-state index contributed by atoms with van der Waals surface area (Å²) in [6, 6.07) is 11.7. The van der Waals surface area contributed by atoms with Crippen molar-refractivity contribution in [2.75, 3.05) is 38.0 Å². The van der Waals surface area contributed by atoms with Gasteiger partial charge in [-0.2, -0.15) is 5.26 Å². The topological polar surface area (TPSA) is 76.4 Å². The Morgan fingerprint density at radius 1 is 1.08 bits per heavy atom. The molecule has 1 saturated heterocycles. The maximum atomic E-state index is 12.7. The van der Waals surface area contributed by atoms with Crippen LogP contribution in [0.25, 0.3) is 0 Å². The second kappa shape index (κ2) is 7.66. The second-order valence-electron chi connectivity index (χ2n) is 6.88. The standard InChI is InChI=1S/C19H24N4O2/c20-15-19(8-4-5-9-19)18(25)23-12-10-22(11-13-23)14-17(24)21-16-6-2-1-3-7-16/h1-3,6-7H,4-5,8-14H2,(H,21,24). The Labute approximate surface area is 148 Å². The Balaban J connectivity index is 1.48. The number of rotatable bonds is 4. The third-order valence-electron chi connectivity index (χ3n) is 5.16. The molecule has 6 heteroatoms. The van der Waals surface area contributed by atoms with Gasteiger partial charge in [0.25, 0.3) is 0 Å². The van der Waals surface area contributed by atoms with Crippen LogP contribution >= 0.6 is 0 Å². The molecule has 132 valence electrons. The van der Waals surface area contributed by atoms with Crippen molar-refractivity contribution in [1.29, 1.82) is 5.26 Å². The summed E-state index contributed by atoms with van der Waals surface area (Å²) >= 11 is 0. The number of anilines is 1. The largest absolute Gasteiger partial charge is 0.339 e. The Hall–Kier alpha value is -2.39. The van der Waals surface area contributed by atoms with Crippen LogP contribution in [0.15, 0.2) is 30.3 Å². The highest BCUT2D eigenvalue weighted by Crippen LogP contribution is 2.39. The highest BCUT2D eigenvalue weighted by atomic mass is 16.2. The van der Waals surface area contributed by atoms with E-state index >= 15 is 0 Å². The van der Waals surface area contributed by atoms with Crippen LogP contribution in [0, 0.1) is 16.7 Å². The van der Waals surface area contributed by atoms with Gasteiger partial charge in [0.15, 0.2) is 0 Å². The number of nitrogens with one attached hydrogen (secondary N) is 1. The van der Waals surface area contributed by atoms with Crippen LogP contribution in [0.5, 0.6) is 0 Å². The Morgan fingerprint density at radius 2 is 1.72 bits per heavy atom. The molecule has 3 rings (SSSR count). The molecule has 0 radical (unpaired) electrons. The lowest BCUT2D eigenvalue weighted by atomic mass is 9.86. The molecule has 6 nitrogen and oxygen atoms in total. The fraction of sp³-hybridized carbons (Fsp3) is 0.526. The summed E-state index contributed by atoms with van der Waals surface area (Å²) in [7, 11) is 0. The van der Waals surface area contributed by atoms with E-state index in [2.05, 4.69) is 16.3 Å². The zero-order valence-corrected chi connectivity index (χ0v) is 14.4. The maximum Gasteiger partial charge on any atom is 0.243 e. The van der Waals surface area contributed by atoms with Crippen LogP contribution in [0.4, 0.5) is 5.69 Å². The lowest BCUT2D eigenvalue weighted by molar-refractivity contribution is -0.140. The number of carbonyl (C=O) groups excluding carboxylic acids is 2. The number of piperazine rings is 1. The van der Waals surface area contributed by atoms with Crippen molar-refractivity contribution in [2.24, 2.45) is 5.41 Å². The highest BCUT2D eigenvalue weighted by molar-refractivity contribution is 5.92. The van der Waals surface area contributed by atoms with Crippen molar-refractivity contribution >= 4 is 17.5 Å². The predicted molar refractivity (Wildman–Crippen MR) is 94.6 cm³/mol. The first-order chi connectivity index (χ1) is 12.1. The molecule has 1 aliphatic carbocycles. The van der Waals surface area contributed by atoms with E-state index in [4.69, 9.17) is 0 Å². The van der Waals surface area contributed by atoms with E-state index in [0.29, 0.717) is 45.6 Å². The van der Waals surface area contributed by atoms with Gasteiger partial charge in [-0.15, -0.1) is 0 Å². The molecule has 25 heavy (non-hydrogen) atoms. The molecule has 0 unspecified atom stereocenters. The lowest BCUT2D eigenvalue weighted by Crippen LogP contribution is -2.53. The number of nitriles is 1. The smallest absolute Gasteiger partial charge is 0.243 e. The molecule has 2 fully saturated rings. The number of nitrogens with zero attached hydrogens (tertiary/aromatic N) is 3. The van der Waals surface area contributed by atoms with E-state index in [0.717, 1.165) is 18.5 Å². The van der Waals surface area contributed by atoms with E-state index in [1.165, 1.54) is 0 Å². The van der Waals surface area contributed by atoms with E-state index in [9.17, 15) is 14.9 Å². The Bertz CT molecular complexity index is 654. The molecule has 1 aromatic rings. The van der Waals surface area contributed by atoms with E-state index in [1.54, 1.807) is 4.90 Å². The molecule has 2 aliphatic rings. The van der Waals surface area contributed by atoms with Crippen molar-refractivity contribution < 1.29 is 9.59 Å². The zero-order valence-electron chi connectivity index (χ0n) is 14.4. The Morgan fingerprint density at radius 3 is 2.32 bits per heavy atom. The minimum Gasteiger partial charge on any atom is -0.339 e. The van der Waals surface area contributed by atoms with Gasteiger partial charge in [-0.05, 0) is 25.0 Å². The normalized spacial score (nSPS) is 20.0. The summed E-state index contributed by atoms with van der Waals surface area (Å²) in [6.45, 7) is 2.81. The van der Waals surface area contributed by atoms with Crippen molar-refractivity contribution in [3.63, 3.8) is 0 Å². The molecule has 0 spiro atoms. The van der Waals surface area contributed by atoms with E-state index in [-0.39, 0.29) is 11.8 Å². The first-order valence-electron chi connectivity index (χ1n) is 8.91. The summed E-state index contributed by atoms with van der Waals surface area (Å²) < 4.78 is 0. The summed E-state index contributed by atoms with van der Waals surface area (Å²) in [6.07, 6.45) is 3.28. The molecule has 1 saturated carbocycles. The molecule has 1 N–H and O–H groups in total. The first-order valence-corrected chi connectivity index (χ1v) is 8.91. The number of benzene rings is 1. The van der Waals surface area contributed by atoms with Crippen molar-refractivity contribution in [3.05, 3.63) is 30.3 Å². The molecule has 1 aromatic carbocycles. The molecule has 1 heterocycles. The van der Waals surface area contributed by atoms with Crippen molar-refractivity contribution in [3.8, 4) is 6.07 Å². The molecule has 0 aromatic heterocycles. The van der Waals surface area contributed by atoms with Gasteiger partial charge in [0.1, 0.15) is 5.41 Å². The second-order valence-corrected chi connectivity index (χ2v) is 6.88. The number of hydrogen-bond acceptors (Lipinski definition) is 4. The summed E-state index contributed by atoms with van der Waals surface area (Å²) in [5.41, 5.74) is -0.00847. The van der Waals surface area contributed by atoms with Gasteiger partial charge in [0, 0.05) is 31.9 Å². The summed E-state index contributed by atoms with van der Waals surface area (Å²) in [4.78, 5) is 28.7. The van der Waals surface area contributed by atoms with Gasteiger partial charge in [-0.1, -0.05) is 31.0 Å². The van der Waals surface area contributed by atoms with Crippen LogP contribution in [0.1, 0.15) is 25.7 Å². The Kier molecular flexibility index (Phi) is 5.34. The number of para-hydroxylation sites is 1. The first kappa shape index (κ1) is 17.4. The third kappa shape index (κ3) is 3.99. The fourth-order valence-electron chi connectivity index (χ4n) is 3.69. The SMILES string of the molecule is N#CC1(C(=O)N2CCN(CC(=O)Nc3ccccc3)CC2)CCCC1. The van der Waals surface area contributed by atoms with Gasteiger partial charge in [0.05, 0.1) is 12.6 Å². The van der Waals surface area contributed by atoms with Crippen molar-refractivity contribution in [1.82, 2.24) is 9.80 Å². The van der Waals surface area contributed by atoms with Crippen LogP contribution < -0.4 is 5.32 Å². The predicted octanol–water partition coefficient (Wildman–Crippen LogP) is 1.85. The van der Waals surface area contributed by atoms with Gasteiger partial charge in [-0.25, -0.2) is 0 Å². The average Bonchev–Trinajstić information content (AvgIpc) is 3.13. The van der Waals surface area contributed by atoms with Gasteiger partial charge in [0.2, 0.25) is 11.8 Å². The maximum absolute atomic E-state index is 12.7. The minimum absolute atomic E-state index is 0.0131. The van der Waals surface area contributed by atoms with Crippen LogP contribution in [-0.4, -0.2) is 54.3 Å². The summed E-state index contributed by atoms with van der Waals surface area (Å²) in [5, 5.41) is 12.3. The molecule has 1 aliphatic heterocycles. The van der Waals surface area contributed by atoms with E-state index < -0.39 is 5.41 Å². The van der Waals surface area contributed by atoms with Crippen LogP contribution in [0.3, 0.4) is 0 Å². The molecule has 0 bridgehead atoms. The lowest BCUT2D eigenvalue weighted by Gasteiger charge is -2.37. The van der Waals surface area contributed by atoms with Gasteiger partial charge < -0.3 is 10.2 Å². The fourth-order valence-corrected chi connectivity index (χ4v) is 3.69.